The second kappa shape index (κ2) is 10.2. The molecule has 31 heavy (non-hydrogen) atoms. The van der Waals surface area contributed by atoms with E-state index in [2.05, 4.69) is 34.5 Å². The summed E-state index contributed by atoms with van der Waals surface area (Å²) in [4.78, 5) is 12.7. The number of aromatic amines is 1. The Bertz CT molecular complexity index is 986. The van der Waals surface area contributed by atoms with Crippen molar-refractivity contribution in [1.82, 2.24) is 20.6 Å². The van der Waals surface area contributed by atoms with Crippen LogP contribution in [0.4, 0.5) is 0 Å². The fraction of sp³-hybridized carbons (Fsp3) is 0.417. The van der Waals surface area contributed by atoms with Crippen LogP contribution in [0.5, 0.6) is 11.5 Å². The number of phenolic OH excluding ortho intramolecular Hbond substituents is 1. The molecule has 2 N–H and O–H groups in total. The van der Waals surface area contributed by atoms with Gasteiger partial charge in [-0.15, -0.1) is 10.2 Å². The van der Waals surface area contributed by atoms with Crippen LogP contribution < -0.4 is 4.74 Å². The number of nitrogens with zero attached hydrogens (tertiary/aromatic N) is 3. The van der Waals surface area contributed by atoms with E-state index in [0.717, 1.165) is 37.1 Å². The minimum absolute atomic E-state index is 0.0529. The summed E-state index contributed by atoms with van der Waals surface area (Å²) < 4.78 is 5.94. The highest BCUT2D eigenvalue weighted by Crippen LogP contribution is 2.31. The van der Waals surface area contributed by atoms with E-state index >= 15 is 0 Å². The number of rotatable bonds is 11. The topological polar surface area (TPSA) is 101 Å². The van der Waals surface area contributed by atoms with Gasteiger partial charge in [0, 0.05) is 17.0 Å². The number of phenols is 1. The standard InChI is InChI=1S/C24H30N4O3/c1-4-17-15-19(22(30)18-11-7-5-8-12-18)20(29)16-21(17)31-14-10-6-9-13-24(2,3)23-25-27-28-26-23/h5,7-8,11-12,15-16,29H,4,6,9-10,13-14H2,1-3H3,(H,25,26,27,28). The number of carbonyl (C=O) groups is 1. The first-order valence-corrected chi connectivity index (χ1v) is 10.7. The Labute approximate surface area is 182 Å². The number of unbranched alkanes of at least 4 members (excludes halogenated alkanes) is 2. The van der Waals surface area contributed by atoms with E-state index in [-0.39, 0.29) is 16.9 Å². The summed E-state index contributed by atoms with van der Waals surface area (Å²) >= 11 is 0. The molecule has 0 atom stereocenters. The summed E-state index contributed by atoms with van der Waals surface area (Å²) in [6.07, 6.45) is 4.62. The first-order chi connectivity index (χ1) is 14.9. The highest BCUT2D eigenvalue weighted by atomic mass is 16.5. The average Bonchev–Trinajstić information content (AvgIpc) is 3.32. The number of aromatic hydroxyl groups is 1. The molecule has 0 unspecified atom stereocenters. The molecule has 0 spiro atoms. The van der Waals surface area contributed by atoms with Crippen LogP contribution >= 0.6 is 0 Å². The van der Waals surface area contributed by atoms with Crippen LogP contribution in [0.1, 0.15) is 73.8 Å². The van der Waals surface area contributed by atoms with Crippen LogP contribution in [0.2, 0.25) is 0 Å². The molecule has 0 aliphatic heterocycles. The van der Waals surface area contributed by atoms with Gasteiger partial charge in [0.05, 0.1) is 12.2 Å². The maximum Gasteiger partial charge on any atom is 0.196 e. The number of benzene rings is 2. The van der Waals surface area contributed by atoms with E-state index in [1.54, 1.807) is 24.3 Å². The third-order valence-corrected chi connectivity index (χ3v) is 5.49. The lowest BCUT2D eigenvalue weighted by Gasteiger charge is -2.20. The molecule has 164 valence electrons. The molecule has 0 aliphatic rings. The van der Waals surface area contributed by atoms with E-state index in [9.17, 15) is 9.90 Å². The van der Waals surface area contributed by atoms with E-state index in [0.29, 0.717) is 29.9 Å². The zero-order valence-electron chi connectivity index (χ0n) is 18.4. The van der Waals surface area contributed by atoms with Gasteiger partial charge in [0.25, 0.3) is 0 Å². The lowest BCUT2D eigenvalue weighted by atomic mass is 9.86. The van der Waals surface area contributed by atoms with Gasteiger partial charge in [0.15, 0.2) is 11.6 Å². The van der Waals surface area contributed by atoms with Crippen LogP contribution in [0.15, 0.2) is 42.5 Å². The Kier molecular flexibility index (Phi) is 7.39. The van der Waals surface area contributed by atoms with Gasteiger partial charge in [-0.3, -0.25) is 4.79 Å². The lowest BCUT2D eigenvalue weighted by Crippen LogP contribution is -2.19. The molecule has 0 radical (unpaired) electrons. The summed E-state index contributed by atoms with van der Waals surface area (Å²) in [5, 5.41) is 24.8. The van der Waals surface area contributed by atoms with Crippen LogP contribution in [0.3, 0.4) is 0 Å². The molecule has 7 nitrogen and oxygen atoms in total. The lowest BCUT2D eigenvalue weighted by molar-refractivity contribution is 0.103. The normalized spacial score (nSPS) is 11.5. The van der Waals surface area contributed by atoms with Crippen molar-refractivity contribution in [3.8, 4) is 11.5 Å². The van der Waals surface area contributed by atoms with Crippen LogP contribution in [0.25, 0.3) is 0 Å². The van der Waals surface area contributed by atoms with Gasteiger partial charge in [-0.2, -0.15) is 5.21 Å². The van der Waals surface area contributed by atoms with E-state index in [1.165, 1.54) is 0 Å². The molecule has 0 fully saturated rings. The van der Waals surface area contributed by atoms with Gasteiger partial charge in [0.2, 0.25) is 0 Å². The summed E-state index contributed by atoms with van der Waals surface area (Å²) in [6.45, 7) is 6.79. The summed E-state index contributed by atoms with van der Waals surface area (Å²) in [5.74, 6) is 1.13. The van der Waals surface area contributed by atoms with E-state index in [4.69, 9.17) is 4.74 Å². The maximum absolute atomic E-state index is 12.7. The van der Waals surface area contributed by atoms with Crippen LogP contribution in [-0.2, 0) is 11.8 Å². The van der Waals surface area contributed by atoms with Gasteiger partial charge in [0.1, 0.15) is 11.5 Å². The van der Waals surface area contributed by atoms with Crippen LogP contribution in [-0.4, -0.2) is 38.1 Å². The number of aromatic nitrogens is 4. The van der Waals surface area contributed by atoms with Crippen molar-refractivity contribution >= 4 is 5.78 Å². The third kappa shape index (κ3) is 5.69. The quantitative estimate of drug-likeness (QED) is 0.345. The molecule has 0 aliphatic carbocycles. The molecular formula is C24H30N4O3. The Hall–Kier alpha value is -3.22. The number of hydrogen-bond acceptors (Lipinski definition) is 6. The molecule has 1 aromatic heterocycles. The largest absolute Gasteiger partial charge is 0.507 e. The number of aryl methyl sites for hydroxylation is 1. The molecule has 3 rings (SSSR count). The second-order valence-electron chi connectivity index (χ2n) is 8.30. The monoisotopic (exact) mass is 422 g/mol. The smallest absolute Gasteiger partial charge is 0.196 e. The Morgan fingerprint density at radius 2 is 1.90 bits per heavy atom. The first-order valence-electron chi connectivity index (χ1n) is 10.7. The fourth-order valence-corrected chi connectivity index (χ4v) is 3.54. The van der Waals surface area contributed by atoms with Crippen molar-refractivity contribution < 1.29 is 14.6 Å². The number of hydrogen-bond donors (Lipinski definition) is 2. The molecular weight excluding hydrogens is 392 g/mol. The van der Waals surface area contributed by atoms with Crippen molar-refractivity contribution in [3.05, 3.63) is 65.0 Å². The van der Waals surface area contributed by atoms with Gasteiger partial charge < -0.3 is 9.84 Å². The van der Waals surface area contributed by atoms with Crippen molar-refractivity contribution in [2.24, 2.45) is 0 Å². The van der Waals surface area contributed by atoms with Crippen LogP contribution in [0, 0.1) is 0 Å². The van der Waals surface area contributed by atoms with Crippen molar-refractivity contribution in [3.63, 3.8) is 0 Å². The number of tetrazole rings is 1. The third-order valence-electron chi connectivity index (χ3n) is 5.49. The van der Waals surface area contributed by atoms with Crippen molar-refractivity contribution in [2.75, 3.05) is 6.61 Å². The van der Waals surface area contributed by atoms with Gasteiger partial charge in [-0.05, 0) is 30.9 Å². The first kappa shape index (κ1) is 22.5. The second-order valence-corrected chi connectivity index (χ2v) is 8.30. The van der Waals surface area contributed by atoms with E-state index in [1.807, 2.05) is 25.1 Å². The average molecular weight is 423 g/mol. The minimum Gasteiger partial charge on any atom is -0.507 e. The SMILES string of the molecule is CCc1cc(C(=O)c2ccccc2)c(O)cc1OCCCCCC(C)(C)c1nn[nH]n1. The minimum atomic E-state index is -0.191. The van der Waals surface area contributed by atoms with Crippen molar-refractivity contribution in [2.45, 2.75) is 58.3 Å². The summed E-state index contributed by atoms with van der Waals surface area (Å²) in [7, 11) is 0. The summed E-state index contributed by atoms with van der Waals surface area (Å²) in [5.41, 5.74) is 1.66. The van der Waals surface area contributed by atoms with E-state index < -0.39 is 0 Å². The molecule has 0 saturated heterocycles. The molecule has 0 saturated carbocycles. The number of ether oxygens (including phenoxy) is 1. The molecule has 2 aromatic carbocycles. The van der Waals surface area contributed by atoms with Crippen molar-refractivity contribution in [1.29, 1.82) is 0 Å². The van der Waals surface area contributed by atoms with Gasteiger partial charge in [-0.1, -0.05) is 69.2 Å². The maximum atomic E-state index is 12.7. The van der Waals surface area contributed by atoms with Gasteiger partial charge >= 0.3 is 0 Å². The Balaban J connectivity index is 1.53. The van der Waals surface area contributed by atoms with Gasteiger partial charge in [-0.25, -0.2) is 0 Å². The number of carbonyl (C=O) groups excluding carboxylic acids is 1. The molecule has 1 heterocycles. The highest BCUT2D eigenvalue weighted by Gasteiger charge is 2.24. The molecule has 7 heteroatoms. The molecule has 3 aromatic rings. The predicted molar refractivity (Wildman–Crippen MR) is 119 cm³/mol. The Morgan fingerprint density at radius 1 is 1.13 bits per heavy atom. The molecule has 0 amide bonds. The molecule has 0 bridgehead atoms. The number of ketones is 1. The number of nitrogens with one attached hydrogen (secondary N) is 1. The predicted octanol–water partition coefficient (Wildman–Crippen LogP) is 4.62. The highest BCUT2D eigenvalue weighted by molar-refractivity contribution is 6.10. The Morgan fingerprint density at radius 3 is 2.58 bits per heavy atom. The number of H-pyrrole nitrogens is 1. The zero-order valence-corrected chi connectivity index (χ0v) is 18.4. The fourth-order valence-electron chi connectivity index (χ4n) is 3.54. The summed E-state index contributed by atoms with van der Waals surface area (Å²) in [6, 6.07) is 12.3. The zero-order chi connectivity index (χ0) is 22.3.